The lowest BCUT2D eigenvalue weighted by Crippen LogP contribution is -2.12. The van der Waals surface area contributed by atoms with Crippen molar-refractivity contribution in [3.05, 3.63) is 23.4 Å². The zero-order valence-electron chi connectivity index (χ0n) is 11.0. The highest BCUT2D eigenvalue weighted by atomic mass is 35.5. The second-order valence-corrected chi connectivity index (χ2v) is 4.67. The maximum absolute atomic E-state index is 5.89. The number of aromatic nitrogens is 1. The fraction of sp³-hybridized carbons (Fsp3) is 0.643. The Bertz CT molecular complexity index is 341. The minimum absolute atomic E-state index is 0.215. The molecule has 0 fully saturated rings. The van der Waals surface area contributed by atoms with Gasteiger partial charge in [-0.2, -0.15) is 0 Å². The largest absolute Gasteiger partial charge is 0.475 e. The summed E-state index contributed by atoms with van der Waals surface area (Å²) < 4.78 is 5.81. The van der Waals surface area contributed by atoms with Crippen LogP contribution >= 0.6 is 11.6 Å². The predicted octanol–water partition coefficient (Wildman–Crippen LogP) is 4.34. The van der Waals surface area contributed by atoms with Gasteiger partial charge in [-0.15, -0.1) is 11.6 Å². The lowest BCUT2D eigenvalue weighted by atomic mass is 10.2. The summed E-state index contributed by atoms with van der Waals surface area (Å²) in [6.07, 6.45) is 4.45. The molecule has 17 heavy (non-hydrogen) atoms. The maximum atomic E-state index is 5.89. The van der Waals surface area contributed by atoms with E-state index in [9.17, 15) is 0 Å². The molecule has 0 aromatic carbocycles. The molecule has 0 aliphatic carbocycles. The summed E-state index contributed by atoms with van der Waals surface area (Å²) >= 11 is 5.89. The van der Waals surface area contributed by atoms with Crippen molar-refractivity contribution in [2.45, 2.75) is 58.4 Å². The van der Waals surface area contributed by atoms with E-state index in [0.717, 1.165) is 36.9 Å². The Labute approximate surface area is 109 Å². The average molecular weight is 256 g/mol. The molecule has 1 atom stereocenters. The smallest absolute Gasteiger partial charge is 0.214 e. The standard InChI is InChI=1S/C14H22ClNO/c1-4-6-11(3)17-14-9-12(10-15)8-13(16-14)7-5-2/h8-9,11H,4-7,10H2,1-3H3. The summed E-state index contributed by atoms with van der Waals surface area (Å²) in [5, 5.41) is 0. The zero-order chi connectivity index (χ0) is 12.7. The monoisotopic (exact) mass is 255 g/mol. The Morgan fingerprint density at radius 1 is 1.29 bits per heavy atom. The normalized spacial score (nSPS) is 12.5. The molecule has 0 bridgehead atoms. The molecule has 3 heteroatoms. The van der Waals surface area contributed by atoms with Gasteiger partial charge in [0.15, 0.2) is 0 Å². The molecular formula is C14H22ClNO. The number of hydrogen-bond acceptors (Lipinski definition) is 2. The third kappa shape index (κ3) is 4.95. The van der Waals surface area contributed by atoms with Gasteiger partial charge >= 0.3 is 0 Å². The van der Waals surface area contributed by atoms with Gasteiger partial charge in [-0.1, -0.05) is 26.7 Å². The number of halogens is 1. The Balaban J connectivity index is 2.79. The molecule has 0 aliphatic rings. The van der Waals surface area contributed by atoms with E-state index in [1.807, 2.05) is 6.07 Å². The Hall–Kier alpha value is -0.760. The van der Waals surface area contributed by atoms with Gasteiger partial charge in [-0.05, 0) is 31.4 Å². The quantitative estimate of drug-likeness (QED) is 0.676. The Morgan fingerprint density at radius 2 is 2.06 bits per heavy atom. The molecule has 2 nitrogen and oxygen atoms in total. The first kappa shape index (κ1) is 14.3. The van der Waals surface area contributed by atoms with Gasteiger partial charge in [0.2, 0.25) is 5.88 Å². The summed E-state index contributed by atoms with van der Waals surface area (Å²) in [7, 11) is 0. The van der Waals surface area contributed by atoms with Crippen molar-refractivity contribution in [2.75, 3.05) is 0 Å². The van der Waals surface area contributed by atoms with Crippen molar-refractivity contribution in [3.8, 4) is 5.88 Å². The third-order valence-corrected chi connectivity index (χ3v) is 2.90. The van der Waals surface area contributed by atoms with Gasteiger partial charge in [0.05, 0.1) is 6.10 Å². The fourth-order valence-electron chi connectivity index (χ4n) is 1.81. The molecule has 1 aromatic heterocycles. The summed E-state index contributed by atoms with van der Waals surface area (Å²) in [4.78, 5) is 4.51. The third-order valence-electron chi connectivity index (χ3n) is 2.59. The van der Waals surface area contributed by atoms with Gasteiger partial charge in [0.25, 0.3) is 0 Å². The lowest BCUT2D eigenvalue weighted by molar-refractivity contribution is 0.201. The number of hydrogen-bond donors (Lipinski definition) is 0. The van der Waals surface area contributed by atoms with Gasteiger partial charge in [0.1, 0.15) is 0 Å². The van der Waals surface area contributed by atoms with Crippen LogP contribution < -0.4 is 4.74 Å². The molecule has 1 rings (SSSR count). The van der Waals surface area contributed by atoms with Gasteiger partial charge in [0, 0.05) is 17.6 Å². The van der Waals surface area contributed by atoms with Crippen molar-refractivity contribution in [1.29, 1.82) is 0 Å². The number of alkyl halides is 1. The molecule has 0 radical (unpaired) electrons. The first-order valence-corrected chi connectivity index (χ1v) is 6.95. The van der Waals surface area contributed by atoms with E-state index in [0.29, 0.717) is 11.8 Å². The van der Waals surface area contributed by atoms with Crippen molar-refractivity contribution >= 4 is 11.6 Å². The second-order valence-electron chi connectivity index (χ2n) is 4.41. The lowest BCUT2D eigenvalue weighted by Gasteiger charge is -2.14. The number of ether oxygens (including phenoxy) is 1. The molecule has 1 heterocycles. The van der Waals surface area contributed by atoms with E-state index in [4.69, 9.17) is 16.3 Å². The van der Waals surface area contributed by atoms with Crippen LogP contribution in [0.5, 0.6) is 5.88 Å². The van der Waals surface area contributed by atoms with E-state index in [2.05, 4.69) is 31.8 Å². The molecule has 0 amide bonds. The van der Waals surface area contributed by atoms with Gasteiger partial charge < -0.3 is 4.74 Å². The summed E-state index contributed by atoms with van der Waals surface area (Å²) in [5.41, 5.74) is 2.16. The second kappa shape index (κ2) is 7.54. The maximum Gasteiger partial charge on any atom is 0.214 e. The predicted molar refractivity (Wildman–Crippen MR) is 72.8 cm³/mol. The molecule has 0 aliphatic heterocycles. The van der Waals surface area contributed by atoms with Crippen LogP contribution in [0.1, 0.15) is 51.3 Å². The first-order chi connectivity index (χ1) is 8.19. The Morgan fingerprint density at radius 3 is 2.65 bits per heavy atom. The van der Waals surface area contributed by atoms with Crippen molar-refractivity contribution < 1.29 is 4.74 Å². The van der Waals surface area contributed by atoms with Crippen LogP contribution in [0.15, 0.2) is 12.1 Å². The molecule has 0 saturated carbocycles. The number of rotatable bonds is 7. The summed E-state index contributed by atoms with van der Waals surface area (Å²) in [5.74, 6) is 1.23. The van der Waals surface area contributed by atoms with Crippen LogP contribution in [-0.2, 0) is 12.3 Å². The highest BCUT2D eigenvalue weighted by molar-refractivity contribution is 6.17. The van der Waals surface area contributed by atoms with E-state index in [1.165, 1.54) is 0 Å². The molecular weight excluding hydrogens is 234 g/mol. The van der Waals surface area contributed by atoms with Gasteiger partial charge in [-0.25, -0.2) is 4.98 Å². The first-order valence-electron chi connectivity index (χ1n) is 6.42. The van der Waals surface area contributed by atoms with E-state index >= 15 is 0 Å². The minimum atomic E-state index is 0.215. The topological polar surface area (TPSA) is 22.1 Å². The molecule has 0 spiro atoms. The van der Waals surface area contributed by atoms with Crippen LogP contribution in [0.25, 0.3) is 0 Å². The number of pyridine rings is 1. The van der Waals surface area contributed by atoms with Crippen LogP contribution in [0.4, 0.5) is 0 Å². The van der Waals surface area contributed by atoms with Crippen molar-refractivity contribution in [2.24, 2.45) is 0 Å². The van der Waals surface area contributed by atoms with E-state index in [-0.39, 0.29) is 6.10 Å². The molecule has 1 aromatic rings. The van der Waals surface area contributed by atoms with Crippen LogP contribution in [0.3, 0.4) is 0 Å². The fourth-order valence-corrected chi connectivity index (χ4v) is 1.97. The van der Waals surface area contributed by atoms with E-state index < -0.39 is 0 Å². The van der Waals surface area contributed by atoms with Gasteiger partial charge in [-0.3, -0.25) is 0 Å². The van der Waals surface area contributed by atoms with E-state index in [1.54, 1.807) is 0 Å². The molecule has 0 saturated heterocycles. The van der Waals surface area contributed by atoms with Crippen LogP contribution in [-0.4, -0.2) is 11.1 Å². The molecule has 1 unspecified atom stereocenters. The summed E-state index contributed by atoms with van der Waals surface area (Å²) in [6, 6.07) is 4.01. The van der Waals surface area contributed by atoms with Crippen molar-refractivity contribution in [3.63, 3.8) is 0 Å². The summed E-state index contributed by atoms with van der Waals surface area (Å²) in [6.45, 7) is 6.39. The number of aryl methyl sites for hydroxylation is 1. The minimum Gasteiger partial charge on any atom is -0.475 e. The highest BCUT2D eigenvalue weighted by Gasteiger charge is 2.07. The molecule has 96 valence electrons. The number of nitrogens with zero attached hydrogens (tertiary/aromatic N) is 1. The Kier molecular flexibility index (Phi) is 6.35. The molecule has 0 N–H and O–H groups in total. The SMILES string of the molecule is CCCc1cc(CCl)cc(OC(C)CCC)n1. The van der Waals surface area contributed by atoms with Crippen molar-refractivity contribution in [1.82, 2.24) is 4.98 Å². The van der Waals surface area contributed by atoms with Crippen LogP contribution in [0.2, 0.25) is 0 Å². The van der Waals surface area contributed by atoms with Crippen LogP contribution in [0, 0.1) is 0 Å². The average Bonchev–Trinajstić information content (AvgIpc) is 2.29. The highest BCUT2D eigenvalue weighted by Crippen LogP contribution is 2.18. The zero-order valence-corrected chi connectivity index (χ0v) is 11.8.